The molecule has 0 aromatic rings. The monoisotopic (exact) mass is 451 g/mol. The van der Waals surface area contributed by atoms with Crippen molar-refractivity contribution in [3.05, 3.63) is 0 Å². The fourth-order valence-corrected chi connectivity index (χ4v) is 3.60. The third-order valence-corrected chi connectivity index (χ3v) is 5.77. The summed E-state index contributed by atoms with van der Waals surface area (Å²) in [6.45, 7) is 5.95. The lowest BCUT2D eigenvalue weighted by Gasteiger charge is -2.28. The van der Waals surface area contributed by atoms with Crippen LogP contribution in [0.3, 0.4) is 0 Å². The van der Waals surface area contributed by atoms with Gasteiger partial charge < -0.3 is 28.6 Å². The number of urea groups is 1. The van der Waals surface area contributed by atoms with Gasteiger partial charge in [0, 0.05) is 19.6 Å². The van der Waals surface area contributed by atoms with E-state index in [1.807, 2.05) is 28.1 Å². The van der Waals surface area contributed by atoms with Gasteiger partial charge in [-0.05, 0) is 13.3 Å². The summed E-state index contributed by atoms with van der Waals surface area (Å²) >= 11 is 0. The van der Waals surface area contributed by atoms with Gasteiger partial charge >= 0.3 is 6.03 Å². The first-order chi connectivity index (χ1) is 14.1. The molecule has 0 aromatic heterocycles. The number of phosphoric ester groups is 1. The van der Waals surface area contributed by atoms with E-state index in [0.717, 1.165) is 12.8 Å². The molecule has 0 radical (unpaired) electrons. The van der Waals surface area contributed by atoms with Crippen molar-refractivity contribution >= 4 is 13.9 Å². The maximum Gasteiger partial charge on any atom is 0.317 e. The summed E-state index contributed by atoms with van der Waals surface area (Å²) in [6, 6.07) is -0.188. The predicted molar refractivity (Wildman–Crippen MR) is 120 cm³/mol. The highest BCUT2D eigenvalue weighted by Crippen LogP contribution is 2.37. The van der Waals surface area contributed by atoms with Gasteiger partial charge in [-0.3, -0.25) is 4.57 Å². The minimum Gasteiger partial charge on any atom is -0.756 e. The minimum atomic E-state index is -4.35. The second-order valence-corrected chi connectivity index (χ2v) is 10.2. The van der Waals surface area contributed by atoms with Crippen LogP contribution in [0, 0.1) is 0 Å². The lowest BCUT2D eigenvalue weighted by Crippen LogP contribution is -2.42. The molecule has 1 atom stereocenters. The van der Waals surface area contributed by atoms with Crippen LogP contribution in [0.25, 0.3) is 0 Å². The van der Waals surface area contributed by atoms with E-state index >= 15 is 0 Å². The van der Waals surface area contributed by atoms with Gasteiger partial charge in [0.2, 0.25) is 0 Å². The average Bonchev–Trinajstić information content (AvgIpc) is 2.64. The average molecular weight is 452 g/mol. The van der Waals surface area contributed by atoms with Crippen molar-refractivity contribution in [1.29, 1.82) is 0 Å². The van der Waals surface area contributed by atoms with Gasteiger partial charge in [0.15, 0.2) is 0 Å². The number of hydrogen-bond acceptors (Lipinski definition) is 5. The molecule has 1 unspecified atom stereocenters. The van der Waals surface area contributed by atoms with Crippen LogP contribution < -0.4 is 10.2 Å². The smallest absolute Gasteiger partial charge is 0.317 e. The van der Waals surface area contributed by atoms with Gasteiger partial charge in [-0.1, -0.05) is 58.3 Å². The van der Waals surface area contributed by atoms with Crippen LogP contribution >= 0.6 is 7.82 Å². The molecule has 8 nitrogen and oxygen atoms in total. The topological polar surface area (TPSA) is 90.9 Å². The maximum atomic E-state index is 12.2. The van der Waals surface area contributed by atoms with Gasteiger partial charge in [-0.25, -0.2) is 4.79 Å². The first-order valence-corrected chi connectivity index (χ1v) is 13.0. The summed E-state index contributed by atoms with van der Waals surface area (Å²) < 4.78 is 22.3. The summed E-state index contributed by atoms with van der Waals surface area (Å²) in [6.07, 6.45) is 10.9. The van der Waals surface area contributed by atoms with Crippen LogP contribution in [0.4, 0.5) is 4.79 Å². The fraction of sp³-hybridized carbons (Fsp3) is 0.952. The molecule has 30 heavy (non-hydrogen) atoms. The third kappa shape index (κ3) is 18.1. The maximum absolute atomic E-state index is 12.2. The number of hydrogen-bond donors (Lipinski definition) is 1. The Labute approximate surface area is 184 Å². The number of rotatable bonds is 19. The van der Waals surface area contributed by atoms with Gasteiger partial charge in [-0.2, -0.15) is 0 Å². The van der Waals surface area contributed by atoms with E-state index in [9.17, 15) is 14.3 Å². The van der Waals surface area contributed by atoms with Crippen molar-refractivity contribution in [3.63, 3.8) is 0 Å². The molecular weight excluding hydrogens is 405 g/mol. The molecule has 0 bridgehead atoms. The Balaban J connectivity index is 4.16. The highest BCUT2D eigenvalue weighted by Gasteiger charge is 2.16. The minimum absolute atomic E-state index is 0.0722. The standard InChI is InChI=1S/C21H46N3O5P/c1-6-8-9-10-11-12-13-14-15-16-23(21(25)22-7-2)17-19-28-30(26,27)29-20-18-24(3,4)5/h6-20H2,1-5H3,(H-,22,25,26,27). The second-order valence-electron chi connectivity index (χ2n) is 8.78. The van der Waals surface area contributed by atoms with Crippen LogP contribution in [0.5, 0.6) is 0 Å². The van der Waals surface area contributed by atoms with Crippen LogP contribution in [0.2, 0.25) is 0 Å². The van der Waals surface area contributed by atoms with E-state index in [1.165, 1.54) is 44.9 Å². The molecule has 1 N–H and O–H groups in total. The first-order valence-electron chi connectivity index (χ1n) is 11.5. The van der Waals surface area contributed by atoms with Crippen molar-refractivity contribution in [1.82, 2.24) is 10.2 Å². The SMILES string of the molecule is CCCCCCCCCCCN(CCOP(=O)([O-])OCC[N+](C)(C)C)C(=O)NCC. The van der Waals surface area contributed by atoms with E-state index in [4.69, 9.17) is 9.05 Å². The summed E-state index contributed by atoms with van der Waals surface area (Å²) in [5.74, 6) is 0. The summed E-state index contributed by atoms with van der Waals surface area (Å²) in [4.78, 5) is 25.7. The lowest BCUT2D eigenvalue weighted by atomic mass is 10.1. The normalized spacial score (nSPS) is 13.8. The number of nitrogens with zero attached hydrogens (tertiary/aromatic N) is 2. The van der Waals surface area contributed by atoms with Gasteiger partial charge in [0.05, 0.1) is 27.7 Å². The zero-order valence-electron chi connectivity index (χ0n) is 20.0. The zero-order chi connectivity index (χ0) is 22.9. The Bertz CT molecular complexity index is 486. The zero-order valence-corrected chi connectivity index (χ0v) is 20.9. The molecule has 0 aliphatic carbocycles. The number of carbonyl (C=O) groups excluding carboxylic acids is 1. The number of carbonyl (C=O) groups is 1. The summed E-state index contributed by atoms with van der Waals surface area (Å²) in [7, 11) is 1.51. The molecule has 0 spiro atoms. The largest absolute Gasteiger partial charge is 0.756 e. The molecular formula is C21H46N3O5P. The number of amides is 2. The van der Waals surface area contributed by atoms with Gasteiger partial charge in [0.25, 0.3) is 7.82 Å². The van der Waals surface area contributed by atoms with E-state index in [-0.39, 0.29) is 25.8 Å². The van der Waals surface area contributed by atoms with Crippen molar-refractivity contribution in [2.75, 3.05) is 60.5 Å². The van der Waals surface area contributed by atoms with Crippen LogP contribution in [-0.4, -0.2) is 75.9 Å². The van der Waals surface area contributed by atoms with Crippen molar-refractivity contribution in [2.45, 2.75) is 71.6 Å². The number of nitrogens with one attached hydrogen (secondary N) is 1. The Hall–Kier alpha value is -0.660. The number of phosphoric acid groups is 1. The molecule has 0 aliphatic heterocycles. The molecule has 9 heteroatoms. The molecule has 0 fully saturated rings. The second kappa shape index (κ2) is 17.0. The highest BCUT2D eigenvalue weighted by atomic mass is 31.2. The molecule has 0 saturated carbocycles. The van der Waals surface area contributed by atoms with Crippen LogP contribution in [0.15, 0.2) is 0 Å². The molecule has 0 rings (SSSR count). The van der Waals surface area contributed by atoms with E-state index in [0.29, 0.717) is 24.1 Å². The first kappa shape index (κ1) is 29.3. The van der Waals surface area contributed by atoms with E-state index in [1.54, 1.807) is 4.90 Å². The number of likely N-dealkylation sites (N-methyl/N-ethyl adjacent to an activating group) is 1. The van der Waals surface area contributed by atoms with E-state index < -0.39 is 7.82 Å². The predicted octanol–water partition coefficient (Wildman–Crippen LogP) is 3.76. The Morgan fingerprint density at radius 1 is 0.900 bits per heavy atom. The van der Waals surface area contributed by atoms with Gasteiger partial charge in [-0.15, -0.1) is 0 Å². The number of quaternary nitrogens is 1. The quantitative estimate of drug-likeness (QED) is 0.183. The highest BCUT2D eigenvalue weighted by molar-refractivity contribution is 7.45. The molecule has 0 heterocycles. The molecule has 0 aromatic carbocycles. The van der Waals surface area contributed by atoms with Gasteiger partial charge in [0.1, 0.15) is 13.2 Å². The molecule has 0 saturated heterocycles. The third-order valence-electron chi connectivity index (χ3n) is 4.77. The molecule has 2 amide bonds. The van der Waals surface area contributed by atoms with Crippen molar-refractivity contribution in [3.8, 4) is 0 Å². The summed E-state index contributed by atoms with van der Waals surface area (Å²) in [5.41, 5.74) is 0. The van der Waals surface area contributed by atoms with Crippen molar-refractivity contribution < 1.29 is 27.8 Å². The Morgan fingerprint density at radius 3 is 1.97 bits per heavy atom. The van der Waals surface area contributed by atoms with Crippen molar-refractivity contribution in [2.24, 2.45) is 0 Å². The molecule has 180 valence electrons. The lowest BCUT2D eigenvalue weighted by molar-refractivity contribution is -0.870. The number of unbranched alkanes of at least 4 members (excludes halogenated alkanes) is 8. The molecule has 0 aliphatic rings. The summed E-state index contributed by atoms with van der Waals surface area (Å²) in [5, 5.41) is 2.78. The van der Waals surface area contributed by atoms with Crippen LogP contribution in [0.1, 0.15) is 71.6 Å². The Kier molecular flexibility index (Phi) is 16.6. The van der Waals surface area contributed by atoms with Crippen LogP contribution in [-0.2, 0) is 13.6 Å². The fourth-order valence-electron chi connectivity index (χ4n) is 2.92. The Morgan fingerprint density at radius 2 is 1.43 bits per heavy atom. The van der Waals surface area contributed by atoms with E-state index in [2.05, 4.69) is 12.2 Å².